The third kappa shape index (κ3) is 2.92. The summed E-state index contributed by atoms with van der Waals surface area (Å²) in [6.45, 7) is 0. The molecule has 2 aromatic carbocycles. The third-order valence-electron chi connectivity index (χ3n) is 3.87. The zero-order valence-corrected chi connectivity index (χ0v) is 13.3. The molecule has 6 heteroatoms. The van der Waals surface area contributed by atoms with Crippen molar-refractivity contribution in [3.8, 4) is 11.3 Å². The van der Waals surface area contributed by atoms with Crippen molar-refractivity contribution in [3.63, 3.8) is 0 Å². The minimum Gasteiger partial charge on any atom is -0.366 e. The number of hydrogen-bond donors (Lipinski definition) is 2. The number of nitrogens with zero attached hydrogens (tertiary/aromatic N) is 3. The highest BCUT2D eigenvalue weighted by molar-refractivity contribution is 5.93. The highest BCUT2D eigenvalue weighted by Crippen LogP contribution is 2.21. The smallest absolute Gasteiger partial charge is 0.248 e. The first-order chi connectivity index (χ1) is 12.2. The normalized spacial score (nSPS) is 10.7. The largest absolute Gasteiger partial charge is 0.366 e. The Morgan fingerprint density at radius 2 is 1.72 bits per heavy atom. The molecule has 4 aromatic rings. The van der Waals surface area contributed by atoms with Crippen molar-refractivity contribution in [3.05, 3.63) is 78.5 Å². The van der Waals surface area contributed by atoms with Crippen LogP contribution in [0.1, 0.15) is 10.4 Å². The van der Waals surface area contributed by atoms with Crippen molar-refractivity contribution in [1.82, 2.24) is 14.6 Å². The van der Waals surface area contributed by atoms with Crippen LogP contribution in [0.4, 0.5) is 11.5 Å². The molecule has 0 aliphatic heterocycles. The maximum absolute atomic E-state index is 11.2. The lowest BCUT2D eigenvalue weighted by atomic mass is 10.1. The Hall–Kier alpha value is -3.67. The molecule has 0 saturated heterocycles. The zero-order valence-electron chi connectivity index (χ0n) is 13.3. The van der Waals surface area contributed by atoms with Gasteiger partial charge in [-0.15, -0.1) is 0 Å². The van der Waals surface area contributed by atoms with E-state index >= 15 is 0 Å². The van der Waals surface area contributed by atoms with Crippen LogP contribution in [0.3, 0.4) is 0 Å². The van der Waals surface area contributed by atoms with Crippen LogP contribution in [0, 0.1) is 0 Å². The quantitative estimate of drug-likeness (QED) is 0.602. The maximum atomic E-state index is 11.2. The molecule has 1 amide bonds. The number of nitrogens with two attached hydrogens (primary N) is 1. The number of rotatable bonds is 4. The molecule has 0 saturated carbocycles. The minimum atomic E-state index is -0.449. The van der Waals surface area contributed by atoms with Crippen LogP contribution in [-0.2, 0) is 0 Å². The SMILES string of the molecule is NC(=O)c1ccc(Nc2cnc3ccc(-c4ccccc4)nn23)cc1. The Bertz CT molecular complexity index is 1040. The second-order valence-corrected chi connectivity index (χ2v) is 5.56. The van der Waals surface area contributed by atoms with Gasteiger partial charge in [-0.25, -0.2) is 4.98 Å². The molecule has 0 aliphatic carbocycles. The molecule has 0 aliphatic rings. The fourth-order valence-electron chi connectivity index (χ4n) is 2.59. The van der Waals surface area contributed by atoms with Crippen LogP contribution in [-0.4, -0.2) is 20.5 Å². The number of imidazole rings is 1. The first kappa shape index (κ1) is 14.9. The molecule has 0 radical (unpaired) electrons. The Kier molecular flexibility index (Phi) is 3.63. The van der Waals surface area contributed by atoms with Crippen molar-refractivity contribution in [2.24, 2.45) is 5.73 Å². The highest BCUT2D eigenvalue weighted by Gasteiger charge is 2.08. The van der Waals surface area contributed by atoms with Crippen molar-refractivity contribution in [1.29, 1.82) is 0 Å². The average Bonchev–Trinajstić information content (AvgIpc) is 3.05. The molecule has 2 aromatic heterocycles. The summed E-state index contributed by atoms with van der Waals surface area (Å²) in [5, 5.41) is 7.92. The molecule has 122 valence electrons. The van der Waals surface area contributed by atoms with Gasteiger partial charge < -0.3 is 11.1 Å². The van der Waals surface area contributed by atoms with Crippen LogP contribution in [0.15, 0.2) is 72.9 Å². The standard InChI is InChI=1S/C19H15N5O/c20-19(25)14-6-8-15(9-7-14)22-18-12-21-17-11-10-16(23-24(17)18)13-4-2-1-3-5-13/h1-12,22H,(H2,20,25). The van der Waals surface area contributed by atoms with Gasteiger partial charge in [-0.3, -0.25) is 4.79 Å². The van der Waals surface area contributed by atoms with Gasteiger partial charge in [0.1, 0.15) is 0 Å². The van der Waals surface area contributed by atoms with E-state index in [9.17, 15) is 4.79 Å². The zero-order chi connectivity index (χ0) is 17.2. The molecule has 6 nitrogen and oxygen atoms in total. The summed E-state index contributed by atoms with van der Waals surface area (Å²) in [5.74, 6) is 0.287. The topological polar surface area (TPSA) is 85.3 Å². The van der Waals surface area contributed by atoms with E-state index in [4.69, 9.17) is 5.73 Å². The van der Waals surface area contributed by atoms with Gasteiger partial charge in [0.25, 0.3) is 0 Å². The molecular formula is C19H15N5O. The number of nitrogens with one attached hydrogen (secondary N) is 1. The number of fused-ring (bicyclic) bond motifs is 1. The van der Waals surface area contributed by atoms with E-state index in [-0.39, 0.29) is 0 Å². The lowest BCUT2D eigenvalue weighted by Crippen LogP contribution is -2.10. The van der Waals surface area contributed by atoms with E-state index in [1.165, 1.54) is 0 Å². The maximum Gasteiger partial charge on any atom is 0.248 e. The van der Waals surface area contributed by atoms with Crippen molar-refractivity contribution >= 4 is 23.1 Å². The number of carbonyl (C=O) groups is 1. The van der Waals surface area contributed by atoms with E-state index in [1.807, 2.05) is 42.5 Å². The van der Waals surface area contributed by atoms with Gasteiger partial charge >= 0.3 is 0 Å². The van der Waals surface area contributed by atoms with Gasteiger partial charge in [0.15, 0.2) is 11.5 Å². The van der Waals surface area contributed by atoms with E-state index in [2.05, 4.69) is 15.4 Å². The molecule has 0 fully saturated rings. The first-order valence-corrected chi connectivity index (χ1v) is 7.78. The predicted octanol–water partition coefficient (Wildman–Crippen LogP) is 3.24. The number of amides is 1. The summed E-state index contributed by atoms with van der Waals surface area (Å²) in [6, 6.07) is 20.8. The summed E-state index contributed by atoms with van der Waals surface area (Å²) in [4.78, 5) is 15.5. The molecule has 2 heterocycles. The first-order valence-electron chi connectivity index (χ1n) is 7.78. The van der Waals surface area contributed by atoms with E-state index in [0.717, 1.165) is 28.4 Å². The molecule has 0 unspecified atom stereocenters. The third-order valence-corrected chi connectivity index (χ3v) is 3.87. The fourth-order valence-corrected chi connectivity index (χ4v) is 2.59. The molecule has 3 N–H and O–H groups in total. The Balaban J connectivity index is 1.69. The molecule has 0 atom stereocenters. The molecular weight excluding hydrogens is 314 g/mol. The van der Waals surface area contributed by atoms with Gasteiger partial charge in [0.05, 0.1) is 11.9 Å². The molecule has 0 spiro atoms. The molecule has 4 rings (SSSR count). The molecule has 0 bridgehead atoms. The lowest BCUT2D eigenvalue weighted by molar-refractivity contribution is 0.100. The highest BCUT2D eigenvalue weighted by atomic mass is 16.1. The Morgan fingerprint density at radius 1 is 0.960 bits per heavy atom. The monoisotopic (exact) mass is 329 g/mol. The van der Waals surface area contributed by atoms with Crippen molar-refractivity contribution in [2.75, 3.05) is 5.32 Å². The number of benzene rings is 2. The van der Waals surface area contributed by atoms with Gasteiger partial charge in [-0.05, 0) is 36.4 Å². The van der Waals surface area contributed by atoms with Crippen molar-refractivity contribution in [2.45, 2.75) is 0 Å². The summed E-state index contributed by atoms with van der Waals surface area (Å²) >= 11 is 0. The van der Waals surface area contributed by atoms with Gasteiger partial charge in [0.2, 0.25) is 5.91 Å². The average molecular weight is 329 g/mol. The van der Waals surface area contributed by atoms with Crippen LogP contribution >= 0.6 is 0 Å². The predicted molar refractivity (Wildman–Crippen MR) is 96.7 cm³/mol. The second kappa shape index (κ2) is 6.09. The van der Waals surface area contributed by atoms with Gasteiger partial charge in [-0.1, -0.05) is 30.3 Å². The van der Waals surface area contributed by atoms with E-state index < -0.39 is 5.91 Å². The van der Waals surface area contributed by atoms with Crippen LogP contribution < -0.4 is 11.1 Å². The summed E-state index contributed by atoms with van der Waals surface area (Å²) in [7, 11) is 0. The minimum absolute atomic E-state index is 0.449. The summed E-state index contributed by atoms with van der Waals surface area (Å²) in [6.07, 6.45) is 1.72. The number of hydrogen-bond acceptors (Lipinski definition) is 4. The van der Waals surface area contributed by atoms with Crippen LogP contribution in [0.5, 0.6) is 0 Å². The van der Waals surface area contributed by atoms with Crippen LogP contribution in [0.25, 0.3) is 16.9 Å². The van der Waals surface area contributed by atoms with Crippen LogP contribution in [0.2, 0.25) is 0 Å². The van der Waals surface area contributed by atoms with Gasteiger partial charge in [0, 0.05) is 16.8 Å². The Morgan fingerprint density at radius 3 is 2.44 bits per heavy atom. The number of carbonyl (C=O) groups excluding carboxylic acids is 1. The number of anilines is 2. The fraction of sp³-hybridized carbons (Fsp3) is 0. The summed E-state index contributed by atoms with van der Waals surface area (Å²) < 4.78 is 1.75. The van der Waals surface area contributed by atoms with Gasteiger partial charge in [-0.2, -0.15) is 9.61 Å². The van der Waals surface area contributed by atoms with E-state index in [0.29, 0.717) is 5.56 Å². The molecule has 25 heavy (non-hydrogen) atoms. The van der Waals surface area contributed by atoms with Crippen molar-refractivity contribution < 1.29 is 4.79 Å². The van der Waals surface area contributed by atoms with E-state index in [1.54, 1.807) is 35.0 Å². The second-order valence-electron chi connectivity index (χ2n) is 5.56. The summed E-state index contributed by atoms with van der Waals surface area (Å²) in [5.41, 5.74) is 9.19. The number of aromatic nitrogens is 3. The lowest BCUT2D eigenvalue weighted by Gasteiger charge is -2.07. The number of primary amides is 1. The Labute approximate surface area is 143 Å².